The van der Waals surface area contributed by atoms with Crippen LogP contribution in [0.4, 0.5) is 5.13 Å². The summed E-state index contributed by atoms with van der Waals surface area (Å²) in [6, 6.07) is 11.6. The first kappa shape index (κ1) is 24.0. The van der Waals surface area contributed by atoms with E-state index in [1.807, 2.05) is 68.6 Å². The maximum Gasteiger partial charge on any atom is 0.261 e. The van der Waals surface area contributed by atoms with Gasteiger partial charge in [-0.05, 0) is 70.1 Å². The first-order valence-electron chi connectivity index (χ1n) is 9.07. The van der Waals surface area contributed by atoms with Crippen LogP contribution >= 0.6 is 47.1 Å². The minimum Gasteiger partial charge on any atom is -0.309 e. The SMILES string of the molecule is CSc1ccccc1C(=O)N(CCCN(C)C)c1nc2c(C)cc(Cl)cc2s1.Cl. The van der Waals surface area contributed by atoms with Gasteiger partial charge in [0, 0.05) is 16.5 Å². The molecule has 0 atom stereocenters. The third-order valence-corrected chi connectivity index (χ3v) is 6.48. The van der Waals surface area contributed by atoms with Gasteiger partial charge in [-0.2, -0.15) is 0 Å². The predicted octanol–water partition coefficient (Wildman–Crippen LogP) is 6.00. The zero-order valence-corrected chi connectivity index (χ0v) is 20.1. The minimum atomic E-state index is -0.00786. The number of carbonyl (C=O) groups is 1. The lowest BCUT2D eigenvalue weighted by atomic mass is 10.2. The van der Waals surface area contributed by atoms with Gasteiger partial charge in [0.05, 0.1) is 15.8 Å². The number of aromatic nitrogens is 1. The van der Waals surface area contributed by atoms with Crippen LogP contribution in [0.2, 0.25) is 5.02 Å². The van der Waals surface area contributed by atoms with Gasteiger partial charge in [0.15, 0.2) is 5.13 Å². The number of hydrogen-bond donors (Lipinski definition) is 0. The number of thiazole rings is 1. The number of thioether (sulfide) groups is 1. The number of rotatable bonds is 7. The van der Waals surface area contributed by atoms with Crippen LogP contribution in [0.15, 0.2) is 41.3 Å². The van der Waals surface area contributed by atoms with Crippen LogP contribution in [0, 0.1) is 6.92 Å². The molecule has 0 aliphatic rings. The molecule has 0 aliphatic heterocycles. The van der Waals surface area contributed by atoms with Crippen molar-refractivity contribution in [1.82, 2.24) is 9.88 Å². The Hall–Kier alpha value is -1.31. The van der Waals surface area contributed by atoms with Crippen molar-refractivity contribution in [3.05, 3.63) is 52.5 Å². The normalized spacial score (nSPS) is 11.0. The fourth-order valence-corrected chi connectivity index (χ4v) is 5.09. The predicted molar refractivity (Wildman–Crippen MR) is 130 cm³/mol. The topological polar surface area (TPSA) is 36.4 Å². The van der Waals surface area contributed by atoms with Crippen LogP contribution in [0.25, 0.3) is 10.2 Å². The van der Waals surface area contributed by atoms with Gasteiger partial charge in [-0.15, -0.1) is 24.2 Å². The average molecular weight is 470 g/mol. The summed E-state index contributed by atoms with van der Waals surface area (Å²) < 4.78 is 1.00. The van der Waals surface area contributed by atoms with Crippen LogP contribution in [-0.2, 0) is 0 Å². The quantitative estimate of drug-likeness (QED) is 0.397. The highest BCUT2D eigenvalue weighted by Gasteiger charge is 2.23. The van der Waals surface area contributed by atoms with Gasteiger partial charge in [0.2, 0.25) is 0 Å². The Morgan fingerprint density at radius 2 is 1.93 bits per heavy atom. The van der Waals surface area contributed by atoms with Crippen LogP contribution in [0.3, 0.4) is 0 Å². The van der Waals surface area contributed by atoms with Gasteiger partial charge in [-0.1, -0.05) is 35.1 Å². The summed E-state index contributed by atoms with van der Waals surface area (Å²) in [6.45, 7) is 3.52. The van der Waals surface area contributed by atoms with E-state index in [0.29, 0.717) is 17.1 Å². The molecule has 156 valence electrons. The monoisotopic (exact) mass is 469 g/mol. The summed E-state index contributed by atoms with van der Waals surface area (Å²) >= 11 is 9.32. The molecule has 8 heteroatoms. The van der Waals surface area contributed by atoms with E-state index < -0.39 is 0 Å². The smallest absolute Gasteiger partial charge is 0.261 e. The molecule has 0 saturated heterocycles. The minimum absolute atomic E-state index is 0. The molecular formula is C21H25Cl2N3OS2. The number of carbonyl (C=O) groups excluding carboxylic acids is 1. The van der Waals surface area contributed by atoms with Crippen molar-refractivity contribution in [3.63, 3.8) is 0 Å². The van der Waals surface area contributed by atoms with Crippen LogP contribution in [0.5, 0.6) is 0 Å². The molecule has 29 heavy (non-hydrogen) atoms. The summed E-state index contributed by atoms with van der Waals surface area (Å²) in [5, 5.41) is 1.42. The zero-order valence-electron chi connectivity index (χ0n) is 16.9. The van der Waals surface area contributed by atoms with Gasteiger partial charge >= 0.3 is 0 Å². The molecule has 0 bridgehead atoms. The van der Waals surface area contributed by atoms with Crippen molar-refractivity contribution < 1.29 is 4.79 Å². The number of hydrogen-bond acceptors (Lipinski definition) is 5. The third kappa shape index (κ3) is 5.64. The van der Waals surface area contributed by atoms with E-state index in [1.54, 1.807) is 11.8 Å². The lowest BCUT2D eigenvalue weighted by Gasteiger charge is -2.22. The number of halogens is 2. The van der Waals surface area contributed by atoms with E-state index in [9.17, 15) is 4.79 Å². The molecule has 0 unspecified atom stereocenters. The van der Waals surface area contributed by atoms with Gasteiger partial charge in [-0.25, -0.2) is 4.98 Å². The number of fused-ring (bicyclic) bond motifs is 1. The van der Waals surface area contributed by atoms with E-state index in [0.717, 1.165) is 38.8 Å². The van der Waals surface area contributed by atoms with E-state index in [1.165, 1.54) is 11.3 Å². The Balaban J connectivity index is 0.00000300. The van der Waals surface area contributed by atoms with Crippen molar-refractivity contribution in [3.8, 4) is 0 Å². The van der Waals surface area contributed by atoms with Gasteiger partial charge < -0.3 is 4.90 Å². The Bertz CT molecular complexity index is 991. The lowest BCUT2D eigenvalue weighted by molar-refractivity contribution is 0.0983. The Morgan fingerprint density at radius 3 is 2.62 bits per heavy atom. The maximum absolute atomic E-state index is 13.5. The molecule has 0 N–H and O–H groups in total. The molecule has 4 nitrogen and oxygen atoms in total. The summed E-state index contributed by atoms with van der Waals surface area (Å²) in [4.78, 5) is 23.2. The van der Waals surface area contributed by atoms with Crippen molar-refractivity contribution in [2.45, 2.75) is 18.2 Å². The number of nitrogens with zero attached hydrogens (tertiary/aromatic N) is 3. The summed E-state index contributed by atoms with van der Waals surface area (Å²) in [5.41, 5.74) is 2.65. The summed E-state index contributed by atoms with van der Waals surface area (Å²) in [7, 11) is 4.08. The zero-order chi connectivity index (χ0) is 20.3. The molecule has 1 heterocycles. The van der Waals surface area contributed by atoms with Gasteiger partial charge in [0.25, 0.3) is 5.91 Å². The van der Waals surface area contributed by atoms with Crippen LogP contribution < -0.4 is 4.90 Å². The number of anilines is 1. The third-order valence-electron chi connectivity index (χ3n) is 4.44. The van der Waals surface area contributed by atoms with E-state index >= 15 is 0 Å². The number of amides is 1. The highest BCUT2D eigenvalue weighted by Crippen LogP contribution is 2.34. The molecule has 1 amide bonds. The van der Waals surface area contributed by atoms with Crippen LogP contribution in [0.1, 0.15) is 22.3 Å². The molecule has 0 radical (unpaired) electrons. The Kier molecular flexibility index (Phi) is 8.79. The van der Waals surface area contributed by atoms with E-state index in [4.69, 9.17) is 16.6 Å². The lowest BCUT2D eigenvalue weighted by Crippen LogP contribution is -2.33. The summed E-state index contributed by atoms with van der Waals surface area (Å²) in [6.07, 6.45) is 2.86. The highest BCUT2D eigenvalue weighted by atomic mass is 35.5. The molecule has 0 spiro atoms. The average Bonchev–Trinajstić information content (AvgIpc) is 3.08. The largest absolute Gasteiger partial charge is 0.309 e. The van der Waals surface area contributed by atoms with Crippen molar-refractivity contribution in [2.24, 2.45) is 0 Å². The van der Waals surface area contributed by atoms with Gasteiger partial charge in [0.1, 0.15) is 0 Å². The standard InChI is InChI=1S/C21H24ClN3OS2.ClH/c1-14-12-15(22)13-18-19(14)23-21(28-18)25(11-7-10-24(2)3)20(26)16-8-5-6-9-17(16)27-4;/h5-6,8-9,12-13H,7,10-11H2,1-4H3;1H. The molecule has 3 rings (SSSR count). The van der Waals surface area contributed by atoms with E-state index in [2.05, 4.69) is 4.90 Å². The second kappa shape index (κ2) is 10.6. The Labute approximate surface area is 191 Å². The highest BCUT2D eigenvalue weighted by molar-refractivity contribution is 7.98. The maximum atomic E-state index is 13.5. The fourth-order valence-electron chi connectivity index (χ4n) is 3.05. The first-order valence-corrected chi connectivity index (χ1v) is 11.5. The molecule has 3 aromatic rings. The van der Waals surface area contributed by atoms with Crippen molar-refractivity contribution in [1.29, 1.82) is 0 Å². The molecule has 0 saturated carbocycles. The van der Waals surface area contributed by atoms with Crippen LogP contribution in [-0.4, -0.2) is 49.2 Å². The van der Waals surface area contributed by atoms with Crippen molar-refractivity contribution in [2.75, 3.05) is 38.3 Å². The molecule has 1 aromatic heterocycles. The number of benzene rings is 2. The second-order valence-electron chi connectivity index (χ2n) is 6.88. The van der Waals surface area contributed by atoms with Crippen molar-refractivity contribution >= 4 is 68.4 Å². The Morgan fingerprint density at radius 1 is 1.21 bits per heavy atom. The fraction of sp³-hybridized carbons (Fsp3) is 0.333. The summed E-state index contributed by atoms with van der Waals surface area (Å²) in [5.74, 6) is -0.00786. The molecule has 0 aliphatic carbocycles. The first-order chi connectivity index (χ1) is 13.4. The molecular weight excluding hydrogens is 445 g/mol. The molecule has 0 fully saturated rings. The van der Waals surface area contributed by atoms with E-state index in [-0.39, 0.29) is 18.3 Å². The molecule has 2 aromatic carbocycles. The van der Waals surface area contributed by atoms with Gasteiger partial charge in [-0.3, -0.25) is 9.69 Å². The second-order valence-corrected chi connectivity index (χ2v) is 9.17. The number of aryl methyl sites for hydroxylation is 1.